The molecule has 0 amide bonds. The fourth-order valence-corrected chi connectivity index (χ4v) is 4.43. The first-order valence-corrected chi connectivity index (χ1v) is 10.1. The van der Waals surface area contributed by atoms with Crippen LogP contribution in [0.1, 0.15) is 37.3 Å². The number of halogens is 5. The number of aliphatic hydroxyl groups excluding tert-OH is 1. The summed E-state index contributed by atoms with van der Waals surface area (Å²) in [6.45, 7) is 0.730. The lowest BCUT2D eigenvalue weighted by atomic mass is 9.87. The van der Waals surface area contributed by atoms with Crippen LogP contribution < -0.4 is 4.90 Å². The van der Waals surface area contributed by atoms with E-state index < -0.39 is 24.2 Å². The molecule has 0 aromatic carbocycles. The number of hydrogen-bond donors (Lipinski definition) is 1. The van der Waals surface area contributed by atoms with E-state index >= 15 is 0 Å². The fourth-order valence-electron chi connectivity index (χ4n) is 3.98. The van der Waals surface area contributed by atoms with E-state index in [2.05, 4.69) is 15.1 Å². The van der Waals surface area contributed by atoms with Crippen molar-refractivity contribution in [2.45, 2.75) is 37.5 Å². The van der Waals surface area contributed by atoms with Crippen molar-refractivity contribution < 1.29 is 18.3 Å². The number of alkyl halides is 3. The van der Waals surface area contributed by atoms with Gasteiger partial charge in [-0.05, 0) is 31.7 Å². The van der Waals surface area contributed by atoms with E-state index in [1.54, 1.807) is 0 Å². The second kappa shape index (κ2) is 6.45. The van der Waals surface area contributed by atoms with Gasteiger partial charge in [0.15, 0.2) is 10.8 Å². The van der Waals surface area contributed by atoms with E-state index in [1.165, 1.54) is 29.4 Å². The molecule has 0 bridgehead atoms. The molecule has 3 aromatic heterocycles. The molecule has 1 aliphatic carbocycles. The molecule has 4 heterocycles. The van der Waals surface area contributed by atoms with Crippen LogP contribution in [0.4, 0.5) is 24.5 Å². The zero-order valence-electron chi connectivity index (χ0n) is 15.7. The molecule has 30 heavy (non-hydrogen) atoms. The maximum atomic E-state index is 14.2. The smallest absolute Gasteiger partial charge is 0.386 e. The number of pyridine rings is 1. The highest BCUT2D eigenvalue weighted by molar-refractivity contribution is 6.31. The molecule has 0 saturated heterocycles. The van der Waals surface area contributed by atoms with E-state index in [0.717, 1.165) is 24.3 Å². The zero-order chi connectivity index (χ0) is 21.4. The maximum Gasteiger partial charge on any atom is 0.401 e. The normalized spacial score (nSPS) is 22.6. The predicted octanol–water partition coefficient (Wildman–Crippen LogP) is 4.85. The largest absolute Gasteiger partial charge is 0.401 e. The highest BCUT2D eigenvalue weighted by Crippen LogP contribution is 2.52. The van der Waals surface area contributed by atoms with Crippen molar-refractivity contribution in [3.63, 3.8) is 0 Å². The molecule has 1 saturated carbocycles. The van der Waals surface area contributed by atoms with Crippen molar-refractivity contribution >= 4 is 40.2 Å². The molecule has 0 radical (unpaired) electrons. The molecular weight excluding hydrogens is 442 g/mol. The number of aromatic nitrogens is 4. The van der Waals surface area contributed by atoms with Crippen LogP contribution in [0.2, 0.25) is 10.2 Å². The third-order valence-electron chi connectivity index (χ3n) is 5.86. The van der Waals surface area contributed by atoms with Crippen LogP contribution in [0.25, 0.3) is 5.65 Å². The quantitative estimate of drug-likeness (QED) is 0.608. The summed E-state index contributed by atoms with van der Waals surface area (Å²) >= 11 is 12.3. The average molecular weight is 458 g/mol. The van der Waals surface area contributed by atoms with Gasteiger partial charge < -0.3 is 10.0 Å². The zero-order valence-corrected chi connectivity index (χ0v) is 17.2. The molecule has 1 fully saturated rings. The highest BCUT2D eigenvalue weighted by atomic mass is 35.5. The van der Waals surface area contributed by atoms with Gasteiger partial charge in [0.25, 0.3) is 0 Å². The minimum Gasteiger partial charge on any atom is -0.386 e. The molecule has 5 rings (SSSR count). The Kier molecular flexibility index (Phi) is 4.26. The minimum absolute atomic E-state index is 0.0508. The first-order chi connectivity index (χ1) is 14.1. The van der Waals surface area contributed by atoms with Crippen molar-refractivity contribution in [2.75, 3.05) is 11.4 Å². The Balaban J connectivity index is 1.65. The van der Waals surface area contributed by atoms with Gasteiger partial charge in [0, 0.05) is 12.6 Å². The van der Waals surface area contributed by atoms with Gasteiger partial charge in [0.2, 0.25) is 0 Å². The van der Waals surface area contributed by atoms with Gasteiger partial charge >= 0.3 is 6.18 Å². The third-order valence-corrected chi connectivity index (χ3v) is 6.35. The van der Waals surface area contributed by atoms with Crippen LogP contribution in [0, 0.1) is 5.92 Å². The van der Waals surface area contributed by atoms with Gasteiger partial charge in [0.05, 0.1) is 40.2 Å². The Morgan fingerprint density at radius 3 is 2.57 bits per heavy atom. The van der Waals surface area contributed by atoms with Crippen LogP contribution in [0.15, 0.2) is 24.5 Å². The molecule has 1 unspecified atom stereocenters. The summed E-state index contributed by atoms with van der Waals surface area (Å²) in [7, 11) is 0. The van der Waals surface area contributed by atoms with Gasteiger partial charge in [-0.3, -0.25) is 4.98 Å². The van der Waals surface area contributed by atoms with Gasteiger partial charge in [-0.2, -0.15) is 18.3 Å². The van der Waals surface area contributed by atoms with E-state index in [-0.39, 0.29) is 33.1 Å². The first kappa shape index (κ1) is 19.8. The number of nitrogens with zero attached hydrogens (tertiary/aromatic N) is 5. The number of anilines is 2. The Bertz CT molecular complexity index is 1160. The Labute approximate surface area is 179 Å². The lowest BCUT2D eigenvalue weighted by Crippen LogP contribution is -2.43. The number of aliphatic hydroxyl groups is 1. The number of hydrogen-bond acceptors (Lipinski definition) is 5. The van der Waals surface area contributed by atoms with Crippen LogP contribution in [-0.4, -0.2) is 37.4 Å². The summed E-state index contributed by atoms with van der Waals surface area (Å²) < 4.78 is 43.7. The van der Waals surface area contributed by atoms with Gasteiger partial charge in [-0.15, -0.1) is 0 Å². The summed E-state index contributed by atoms with van der Waals surface area (Å²) in [5.41, 5.74) is -1.08. The van der Waals surface area contributed by atoms with Crippen LogP contribution >= 0.6 is 23.2 Å². The molecule has 1 aliphatic heterocycles. The predicted molar refractivity (Wildman–Crippen MR) is 105 cm³/mol. The van der Waals surface area contributed by atoms with Crippen molar-refractivity contribution in [3.8, 4) is 0 Å². The van der Waals surface area contributed by atoms with Crippen LogP contribution in [0.3, 0.4) is 0 Å². The van der Waals surface area contributed by atoms with E-state index in [0.29, 0.717) is 11.4 Å². The summed E-state index contributed by atoms with van der Waals surface area (Å²) in [6.07, 6.45) is -0.718. The van der Waals surface area contributed by atoms with Crippen molar-refractivity contribution in [3.05, 3.63) is 46.1 Å². The van der Waals surface area contributed by atoms with Crippen LogP contribution in [0.5, 0.6) is 0 Å². The van der Waals surface area contributed by atoms with E-state index in [1.807, 2.05) is 0 Å². The summed E-state index contributed by atoms with van der Waals surface area (Å²) in [5.74, 6) is 0.129. The van der Waals surface area contributed by atoms with Gasteiger partial charge in [0.1, 0.15) is 11.5 Å². The second-order valence-corrected chi connectivity index (χ2v) is 8.78. The standard InChI is InChI=1S/C19H16Cl2F3N5O/c1-18(19(22,23)24)8-28(12-7-25-14-5-13(21)27-29(14)17(12)18)10-4-11(20)15(26-6-10)16(30)9-2-3-9/h4-7,9,16,30H,2-3,8H2,1H3/t16?,18-/m1/s1. The average Bonchev–Trinajstić information content (AvgIpc) is 3.37. The molecule has 2 aliphatic rings. The van der Waals surface area contributed by atoms with Crippen LogP contribution in [-0.2, 0) is 5.41 Å². The molecule has 11 heteroatoms. The second-order valence-electron chi connectivity index (χ2n) is 7.99. The molecule has 6 nitrogen and oxygen atoms in total. The Morgan fingerprint density at radius 2 is 1.93 bits per heavy atom. The summed E-state index contributed by atoms with van der Waals surface area (Å²) in [4.78, 5) is 9.94. The fraction of sp³-hybridized carbons (Fsp3) is 0.421. The van der Waals surface area contributed by atoms with Gasteiger partial charge in [-0.1, -0.05) is 23.2 Å². The molecular formula is C19H16Cl2F3N5O. The summed E-state index contributed by atoms with van der Waals surface area (Å²) in [6, 6.07) is 2.94. The highest BCUT2D eigenvalue weighted by Gasteiger charge is 2.60. The Hall–Kier alpha value is -2.10. The van der Waals surface area contributed by atoms with Crippen molar-refractivity contribution in [1.82, 2.24) is 19.6 Å². The SMILES string of the molecule is C[C@@]1(C(F)(F)F)CN(c2cnc(C(O)C3CC3)c(Cl)c2)c2cnc3cc(Cl)nn3c21. The summed E-state index contributed by atoms with van der Waals surface area (Å²) in [5, 5.41) is 14.6. The Morgan fingerprint density at radius 1 is 1.20 bits per heavy atom. The maximum absolute atomic E-state index is 14.2. The number of fused-ring (bicyclic) bond motifs is 3. The van der Waals surface area contributed by atoms with E-state index in [4.69, 9.17) is 23.2 Å². The molecule has 1 N–H and O–H groups in total. The van der Waals surface area contributed by atoms with Gasteiger partial charge in [-0.25, -0.2) is 9.50 Å². The van der Waals surface area contributed by atoms with Crippen molar-refractivity contribution in [2.24, 2.45) is 5.92 Å². The third kappa shape index (κ3) is 2.86. The lowest BCUT2D eigenvalue weighted by Gasteiger charge is -2.28. The molecule has 3 aromatic rings. The molecule has 0 spiro atoms. The lowest BCUT2D eigenvalue weighted by molar-refractivity contribution is -0.181. The first-order valence-electron chi connectivity index (χ1n) is 9.33. The molecule has 2 atom stereocenters. The van der Waals surface area contributed by atoms with Crippen molar-refractivity contribution in [1.29, 1.82) is 0 Å². The monoisotopic (exact) mass is 457 g/mol. The topological polar surface area (TPSA) is 66.5 Å². The van der Waals surface area contributed by atoms with E-state index in [9.17, 15) is 18.3 Å². The minimum atomic E-state index is -4.55. The number of rotatable bonds is 3. The molecule has 158 valence electrons.